The summed E-state index contributed by atoms with van der Waals surface area (Å²) in [6.45, 7) is 1.58. The van der Waals surface area contributed by atoms with Gasteiger partial charge in [-0.2, -0.15) is 0 Å². The molecule has 1 aromatic carbocycles. The van der Waals surface area contributed by atoms with Gasteiger partial charge in [-0.15, -0.1) is 0 Å². The van der Waals surface area contributed by atoms with Crippen molar-refractivity contribution in [3.8, 4) is 0 Å². The van der Waals surface area contributed by atoms with Crippen LogP contribution in [0.25, 0.3) is 10.9 Å². The van der Waals surface area contributed by atoms with Gasteiger partial charge < -0.3 is 9.64 Å². The molecule has 0 amide bonds. The second kappa shape index (κ2) is 3.62. The summed E-state index contributed by atoms with van der Waals surface area (Å²) in [5, 5.41) is 0.782. The lowest BCUT2D eigenvalue weighted by Crippen LogP contribution is -2.37. The summed E-state index contributed by atoms with van der Waals surface area (Å²) in [5.41, 5.74) is 0.782. The smallest absolute Gasteiger partial charge is 0.140 e. The van der Waals surface area contributed by atoms with Gasteiger partial charge in [0.05, 0.1) is 24.3 Å². The van der Waals surface area contributed by atoms with Gasteiger partial charge in [0, 0.05) is 11.9 Å². The molecule has 0 radical (unpaired) electrons. The van der Waals surface area contributed by atoms with Crippen LogP contribution in [-0.4, -0.2) is 35.3 Å². The number of nitrogens with zero attached hydrogens (tertiary/aromatic N) is 3. The molecule has 5 heteroatoms. The van der Waals surface area contributed by atoms with E-state index >= 15 is 0 Å². The predicted molar refractivity (Wildman–Crippen MR) is 65.0 cm³/mol. The van der Waals surface area contributed by atoms with E-state index in [1.165, 1.54) is 12.1 Å². The van der Waals surface area contributed by atoms with Crippen LogP contribution < -0.4 is 4.90 Å². The van der Waals surface area contributed by atoms with E-state index in [1.807, 2.05) is 0 Å². The zero-order valence-electron chi connectivity index (χ0n) is 9.71. The zero-order chi connectivity index (χ0) is 12.1. The Labute approximate surface area is 103 Å². The molecule has 2 saturated heterocycles. The van der Waals surface area contributed by atoms with Gasteiger partial charge in [-0.05, 0) is 24.6 Å². The molecular formula is C13H12FN3O. The summed E-state index contributed by atoms with van der Waals surface area (Å²) in [4.78, 5) is 10.7. The molecule has 0 aliphatic carbocycles. The Morgan fingerprint density at radius 3 is 3.06 bits per heavy atom. The largest absolute Gasteiger partial charge is 0.374 e. The molecule has 2 aliphatic heterocycles. The van der Waals surface area contributed by atoms with Crippen LogP contribution >= 0.6 is 0 Å². The van der Waals surface area contributed by atoms with Gasteiger partial charge in [0.1, 0.15) is 18.0 Å². The highest BCUT2D eigenvalue weighted by atomic mass is 19.1. The summed E-state index contributed by atoms with van der Waals surface area (Å²) in [6.07, 6.45) is 2.89. The molecule has 4 nitrogen and oxygen atoms in total. The van der Waals surface area contributed by atoms with E-state index in [1.54, 1.807) is 12.4 Å². The first kappa shape index (κ1) is 10.2. The fourth-order valence-corrected chi connectivity index (χ4v) is 2.90. The number of anilines is 1. The van der Waals surface area contributed by atoms with Crippen LogP contribution in [0.5, 0.6) is 0 Å². The first-order chi connectivity index (χ1) is 8.81. The van der Waals surface area contributed by atoms with Crippen molar-refractivity contribution in [2.75, 3.05) is 18.1 Å². The second-order valence-electron chi connectivity index (χ2n) is 4.86. The van der Waals surface area contributed by atoms with Crippen LogP contribution in [-0.2, 0) is 4.74 Å². The van der Waals surface area contributed by atoms with E-state index in [-0.39, 0.29) is 5.82 Å². The Kier molecular flexibility index (Phi) is 2.05. The number of fused-ring (bicyclic) bond motifs is 3. The minimum absolute atomic E-state index is 0.251. The summed E-state index contributed by atoms with van der Waals surface area (Å²) in [6, 6.07) is 5.01. The molecule has 2 bridgehead atoms. The van der Waals surface area contributed by atoms with Gasteiger partial charge in [-0.25, -0.2) is 14.4 Å². The number of aromatic nitrogens is 2. The fourth-order valence-electron chi connectivity index (χ4n) is 2.90. The van der Waals surface area contributed by atoms with Crippen LogP contribution in [0.2, 0.25) is 0 Å². The number of hydrogen-bond acceptors (Lipinski definition) is 4. The predicted octanol–water partition coefficient (Wildman–Crippen LogP) is 1.75. The van der Waals surface area contributed by atoms with Crippen molar-refractivity contribution in [1.29, 1.82) is 0 Å². The summed E-state index contributed by atoms with van der Waals surface area (Å²) >= 11 is 0. The Hall–Kier alpha value is -1.75. The van der Waals surface area contributed by atoms with Gasteiger partial charge in [0.15, 0.2) is 0 Å². The maximum atomic E-state index is 13.4. The molecule has 3 heterocycles. The van der Waals surface area contributed by atoms with Crippen molar-refractivity contribution < 1.29 is 9.13 Å². The van der Waals surface area contributed by atoms with Gasteiger partial charge in [-0.3, -0.25) is 0 Å². The van der Waals surface area contributed by atoms with Crippen molar-refractivity contribution in [2.24, 2.45) is 0 Å². The molecule has 2 fully saturated rings. The highest BCUT2D eigenvalue weighted by Crippen LogP contribution is 2.34. The molecule has 18 heavy (non-hydrogen) atoms. The quantitative estimate of drug-likeness (QED) is 0.767. The van der Waals surface area contributed by atoms with E-state index in [0.717, 1.165) is 36.3 Å². The molecule has 4 rings (SSSR count). The van der Waals surface area contributed by atoms with E-state index in [2.05, 4.69) is 14.9 Å². The molecule has 2 unspecified atom stereocenters. The Bertz CT molecular complexity index is 618. The van der Waals surface area contributed by atoms with Gasteiger partial charge >= 0.3 is 0 Å². The second-order valence-corrected chi connectivity index (χ2v) is 4.86. The van der Waals surface area contributed by atoms with E-state index in [9.17, 15) is 4.39 Å². The van der Waals surface area contributed by atoms with Crippen molar-refractivity contribution in [3.05, 3.63) is 30.3 Å². The lowest BCUT2D eigenvalue weighted by Gasteiger charge is -2.28. The number of halogens is 1. The van der Waals surface area contributed by atoms with E-state index < -0.39 is 0 Å². The molecule has 0 N–H and O–H groups in total. The van der Waals surface area contributed by atoms with Crippen LogP contribution in [0.15, 0.2) is 24.5 Å². The number of rotatable bonds is 1. The Balaban J connectivity index is 1.87. The Morgan fingerprint density at radius 1 is 1.33 bits per heavy atom. The number of ether oxygens (including phenoxy) is 1. The van der Waals surface area contributed by atoms with Crippen molar-refractivity contribution in [1.82, 2.24) is 9.97 Å². The van der Waals surface area contributed by atoms with E-state index in [4.69, 9.17) is 4.74 Å². The van der Waals surface area contributed by atoms with Crippen molar-refractivity contribution >= 4 is 16.7 Å². The van der Waals surface area contributed by atoms with Gasteiger partial charge in [0.2, 0.25) is 0 Å². The van der Waals surface area contributed by atoms with Crippen molar-refractivity contribution in [3.63, 3.8) is 0 Å². The molecule has 2 aromatic rings. The SMILES string of the molecule is Fc1ccc2ncnc(N3CC4CC3CO4)c2c1. The van der Waals surface area contributed by atoms with Gasteiger partial charge in [0.25, 0.3) is 0 Å². The molecule has 1 aromatic heterocycles. The fraction of sp³-hybridized carbons (Fsp3) is 0.385. The Morgan fingerprint density at radius 2 is 2.28 bits per heavy atom. The van der Waals surface area contributed by atoms with Crippen LogP contribution in [0.3, 0.4) is 0 Å². The molecule has 0 saturated carbocycles. The van der Waals surface area contributed by atoms with Crippen molar-refractivity contribution in [2.45, 2.75) is 18.6 Å². The average molecular weight is 245 g/mol. The minimum Gasteiger partial charge on any atom is -0.374 e. The van der Waals surface area contributed by atoms with E-state index in [0.29, 0.717) is 12.1 Å². The maximum Gasteiger partial charge on any atom is 0.140 e. The third kappa shape index (κ3) is 1.40. The topological polar surface area (TPSA) is 38.2 Å². The van der Waals surface area contributed by atoms with Crippen LogP contribution in [0.1, 0.15) is 6.42 Å². The number of morpholine rings is 1. The zero-order valence-corrected chi connectivity index (χ0v) is 9.71. The standard InChI is InChI=1S/C13H12FN3O/c14-8-1-2-12-11(3-8)13(16-7-15-12)17-5-10-4-9(17)6-18-10/h1-3,7,9-10H,4-6H2. The molecule has 2 aliphatic rings. The summed E-state index contributed by atoms with van der Waals surface area (Å²) in [7, 11) is 0. The highest BCUT2D eigenvalue weighted by molar-refractivity contribution is 5.89. The first-order valence-electron chi connectivity index (χ1n) is 6.10. The average Bonchev–Trinajstić information content (AvgIpc) is 3.00. The third-order valence-corrected chi connectivity index (χ3v) is 3.75. The maximum absolute atomic E-state index is 13.4. The third-order valence-electron chi connectivity index (χ3n) is 3.75. The summed E-state index contributed by atoms with van der Waals surface area (Å²) in [5.74, 6) is 0.578. The van der Waals surface area contributed by atoms with Gasteiger partial charge in [-0.1, -0.05) is 0 Å². The summed E-state index contributed by atoms with van der Waals surface area (Å²) < 4.78 is 19.0. The molecule has 0 spiro atoms. The molecule has 2 atom stereocenters. The lowest BCUT2D eigenvalue weighted by atomic mass is 10.2. The minimum atomic E-state index is -0.251. The molecular weight excluding hydrogens is 233 g/mol. The number of hydrogen-bond donors (Lipinski definition) is 0. The number of benzene rings is 1. The highest BCUT2D eigenvalue weighted by Gasteiger charge is 2.40. The monoisotopic (exact) mass is 245 g/mol. The molecule has 92 valence electrons. The normalized spacial score (nSPS) is 26.2. The van der Waals surface area contributed by atoms with Crippen LogP contribution in [0, 0.1) is 5.82 Å². The lowest BCUT2D eigenvalue weighted by molar-refractivity contribution is 0.0990. The van der Waals surface area contributed by atoms with Crippen LogP contribution in [0.4, 0.5) is 10.2 Å². The first-order valence-corrected chi connectivity index (χ1v) is 6.10.